The average molecular weight is 244 g/mol. The minimum atomic E-state index is 0.107. The number of ether oxygens (including phenoxy) is 1. The van der Waals surface area contributed by atoms with Gasteiger partial charge in [-0.3, -0.25) is 0 Å². The molecule has 0 aromatic heterocycles. The summed E-state index contributed by atoms with van der Waals surface area (Å²) in [4.78, 5) is 0. The Morgan fingerprint density at radius 1 is 1.11 bits per heavy atom. The lowest BCUT2D eigenvalue weighted by Crippen LogP contribution is -2.18. The maximum absolute atomic E-state index is 8.44. The summed E-state index contributed by atoms with van der Waals surface area (Å²) < 4.78 is 5.23. The van der Waals surface area contributed by atoms with Crippen LogP contribution in [0.1, 0.15) is 38.5 Å². The van der Waals surface area contributed by atoms with Gasteiger partial charge in [0.15, 0.2) is 6.61 Å². The van der Waals surface area contributed by atoms with Crippen molar-refractivity contribution in [2.75, 3.05) is 11.9 Å². The second-order valence-electron chi connectivity index (χ2n) is 4.80. The third-order valence-corrected chi connectivity index (χ3v) is 3.38. The van der Waals surface area contributed by atoms with Crippen LogP contribution in [0.25, 0.3) is 0 Å². The summed E-state index contributed by atoms with van der Waals surface area (Å²) in [6.07, 6.45) is 7.96. The number of rotatable bonds is 4. The number of nitrogens with zero attached hydrogens (tertiary/aromatic N) is 1. The largest absolute Gasteiger partial charge is 0.479 e. The summed E-state index contributed by atoms with van der Waals surface area (Å²) in [5, 5.41) is 12.0. The van der Waals surface area contributed by atoms with Gasteiger partial charge in [0.05, 0.1) is 0 Å². The zero-order valence-electron chi connectivity index (χ0n) is 10.7. The van der Waals surface area contributed by atoms with E-state index >= 15 is 0 Å². The number of hydrogen-bond donors (Lipinski definition) is 1. The van der Waals surface area contributed by atoms with Gasteiger partial charge in [0.2, 0.25) is 0 Å². The van der Waals surface area contributed by atoms with Gasteiger partial charge < -0.3 is 10.1 Å². The second-order valence-corrected chi connectivity index (χ2v) is 4.80. The summed E-state index contributed by atoms with van der Waals surface area (Å²) in [5.41, 5.74) is 1.14. The Balaban J connectivity index is 1.87. The minimum Gasteiger partial charge on any atom is -0.479 e. The third-order valence-electron chi connectivity index (χ3n) is 3.38. The Kier molecular flexibility index (Phi) is 4.89. The van der Waals surface area contributed by atoms with E-state index in [1.165, 1.54) is 38.5 Å². The van der Waals surface area contributed by atoms with Gasteiger partial charge in [-0.1, -0.05) is 25.7 Å². The zero-order valence-corrected chi connectivity index (χ0v) is 10.7. The van der Waals surface area contributed by atoms with E-state index in [1.54, 1.807) is 0 Å². The van der Waals surface area contributed by atoms with Crippen molar-refractivity contribution in [1.29, 1.82) is 5.26 Å². The quantitative estimate of drug-likeness (QED) is 0.821. The molecule has 1 fully saturated rings. The lowest BCUT2D eigenvalue weighted by atomic mass is 10.1. The van der Waals surface area contributed by atoms with Gasteiger partial charge in [0.1, 0.15) is 11.8 Å². The smallest absolute Gasteiger partial charge is 0.174 e. The molecule has 0 aliphatic heterocycles. The van der Waals surface area contributed by atoms with Crippen LogP contribution in [0, 0.1) is 11.3 Å². The molecule has 18 heavy (non-hydrogen) atoms. The molecule has 0 spiro atoms. The molecule has 1 aliphatic rings. The zero-order chi connectivity index (χ0) is 12.6. The third kappa shape index (κ3) is 3.96. The number of nitrogens with one attached hydrogen (secondary N) is 1. The van der Waals surface area contributed by atoms with E-state index in [1.807, 2.05) is 30.3 Å². The van der Waals surface area contributed by atoms with Crippen LogP contribution in [0.3, 0.4) is 0 Å². The van der Waals surface area contributed by atoms with Crippen molar-refractivity contribution in [3.05, 3.63) is 24.3 Å². The molecule has 0 radical (unpaired) electrons. The highest BCUT2D eigenvalue weighted by Crippen LogP contribution is 2.22. The van der Waals surface area contributed by atoms with Crippen LogP contribution in [0.5, 0.6) is 5.75 Å². The van der Waals surface area contributed by atoms with Crippen LogP contribution < -0.4 is 10.1 Å². The van der Waals surface area contributed by atoms with Crippen molar-refractivity contribution < 1.29 is 4.74 Å². The SMILES string of the molecule is N#CCOc1ccc(NC2CCCCCC2)cc1. The fourth-order valence-corrected chi connectivity index (χ4v) is 2.42. The minimum absolute atomic E-state index is 0.107. The number of anilines is 1. The van der Waals surface area contributed by atoms with E-state index in [0.717, 1.165) is 11.4 Å². The van der Waals surface area contributed by atoms with Crippen LogP contribution in [0.4, 0.5) is 5.69 Å². The normalized spacial score (nSPS) is 16.6. The van der Waals surface area contributed by atoms with Gasteiger partial charge >= 0.3 is 0 Å². The molecular formula is C15H20N2O. The molecule has 1 aromatic carbocycles. The lowest BCUT2D eigenvalue weighted by Gasteiger charge is -2.17. The van der Waals surface area contributed by atoms with Gasteiger partial charge in [-0.15, -0.1) is 0 Å². The molecule has 0 heterocycles. The molecule has 1 aliphatic carbocycles. The van der Waals surface area contributed by atoms with Crippen molar-refractivity contribution in [3.8, 4) is 11.8 Å². The number of hydrogen-bond acceptors (Lipinski definition) is 3. The Morgan fingerprint density at radius 2 is 1.78 bits per heavy atom. The van der Waals surface area contributed by atoms with E-state index in [4.69, 9.17) is 10.00 Å². The molecule has 3 nitrogen and oxygen atoms in total. The maximum Gasteiger partial charge on any atom is 0.174 e. The summed E-state index contributed by atoms with van der Waals surface area (Å²) in [6.45, 7) is 0.107. The highest BCUT2D eigenvalue weighted by molar-refractivity contribution is 5.47. The first-order valence-corrected chi connectivity index (χ1v) is 6.75. The molecule has 1 saturated carbocycles. The predicted octanol–water partition coefficient (Wildman–Crippen LogP) is 3.72. The number of benzene rings is 1. The van der Waals surface area contributed by atoms with Gasteiger partial charge in [-0.2, -0.15) is 5.26 Å². The second kappa shape index (κ2) is 6.90. The van der Waals surface area contributed by atoms with Crippen LogP contribution in [-0.4, -0.2) is 12.6 Å². The molecule has 3 heteroatoms. The van der Waals surface area contributed by atoms with E-state index in [9.17, 15) is 0 Å². The first-order chi connectivity index (χ1) is 8.88. The monoisotopic (exact) mass is 244 g/mol. The first-order valence-electron chi connectivity index (χ1n) is 6.75. The molecule has 0 saturated heterocycles. The van der Waals surface area contributed by atoms with E-state index < -0.39 is 0 Å². The summed E-state index contributed by atoms with van der Waals surface area (Å²) >= 11 is 0. The summed E-state index contributed by atoms with van der Waals surface area (Å²) in [7, 11) is 0. The standard InChI is InChI=1S/C15H20N2O/c16-11-12-18-15-9-7-14(8-10-15)17-13-5-3-1-2-4-6-13/h7-10,13,17H,1-6,12H2. The summed E-state index contributed by atoms with van der Waals surface area (Å²) in [6, 6.07) is 10.5. The van der Waals surface area contributed by atoms with E-state index in [0.29, 0.717) is 6.04 Å². The Morgan fingerprint density at radius 3 is 2.39 bits per heavy atom. The number of nitriles is 1. The van der Waals surface area contributed by atoms with Gasteiger partial charge in [0, 0.05) is 11.7 Å². The predicted molar refractivity (Wildman–Crippen MR) is 72.7 cm³/mol. The van der Waals surface area contributed by atoms with Crippen LogP contribution in [-0.2, 0) is 0 Å². The van der Waals surface area contributed by atoms with Crippen LogP contribution in [0.2, 0.25) is 0 Å². The van der Waals surface area contributed by atoms with Gasteiger partial charge in [0.25, 0.3) is 0 Å². The highest BCUT2D eigenvalue weighted by atomic mass is 16.5. The Labute approximate surface area is 109 Å². The highest BCUT2D eigenvalue weighted by Gasteiger charge is 2.11. The van der Waals surface area contributed by atoms with Crippen molar-refractivity contribution in [1.82, 2.24) is 0 Å². The van der Waals surface area contributed by atoms with Gasteiger partial charge in [-0.05, 0) is 37.1 Å². The lowest BCUT2D eigenvalue weighted by molar-refractivity contribution is 0.368. The molecule has 0 atom stereocenters. The molecule has 1 aromatic rings. The average Bonchev–Trinajstić information content (AvgIpc) is 2.67. The first kappa shape index (κ1) is 12.8. The van der Waals surface area contributed by atoms with Gasteiger partial charge in [-0.25, -0.2) is 0 Å². The van der Waals surface area contributed by atoms with Crippen molar-refractivity contribution in [2.24, 2.45) is 0 Å². The fourth-order valence-electron chi connectivity index (χ4n) is 2.42. The Hall–Kier alpha value is -1.69. The van der Waals surface area contributed by atoms with Crippen molar-refractivity contribution in [3.63, 3.8) is 0 Å². The van der Waals surface area contributed by atoms with E-state index in [2.05, 4.69) is 5.32 Å². The Bertz CT molecular complexity index is 386. The maximum atomic E-state index is 8.44. The van der Waals surface area contributed by atoms with Crippen LogP contribution >= 0.6 is 0 Å². The molecule has 0 bridgehead atoms. The fraction of sp³-hybridized carbons (Fsp3) is 0.533. The molecule has 0 amide bonds. The molecular weight excluding hydrogens is 224 g/mol. The summed E-state index contributed by atoms with van der Waals surface area (Å²) in [5.74, 6) is 0.753. The molecule has 2 rings (SSSR count). The molecule has 0 unspecified atom stereocenters. The topological polar surface area (TPSA) is 45.0 Å². The van der Waals surface area contributed by atoms with E-state index in [-0.39, 0.29) is 6.61 Å². The van der Waals surface area contributed by atoms with Crippen molar-refractivity contribution >= 4 is 5.69 Å². The molecule has 1 N–H and O–H groups in total. The van der Waals surface area contributed by atoms with Crippen LogP contribution in [0.15, 0.2) is 24.3 Å². The van der Waals surface area contributed by atoms with Crippen molar-refractivity contribution in [2.45, 2.75) is 44.6 Å². The molecule has 96 valence electrons.